The Labute approximate surface area is 127 Å². The summed E-state index contributed by atoms with van der Waals surface area (Å²) in [4.78, 5) is 39.1. The molecule has 2 saturated carbocycles. The van der Waals surface area contributed by atoms with Crippen LogP contribution in [0, 0.1) is 35.5 Å². The highest BCUT2D eigenvalue weighted by Gasteiger charge is 2.67. The maximum Gasteiger partial charge on any atom is 0.267 e. The largest absolute Gasteiger partial charge is 0.274 e. The second kappa shape index (κ2) is 3.94. The van der Waals surface area contributed by atoms with Gasteiger partial charge in [0.1, 0.15) is 0 Å². The van der Waals surface area contributed by atoms with Gasteiger partial charge in [-0.15, -0.1) is 0 Å². The number of amides is 3. The number of nitrogens with zero attached hydrogens (tertiary/aromatic N) is 1. The summed E-state index contributed by atoms with van der Waals surface area (Å²) >= 11 is 0. The van der Waals surface area contributed by atoms with Crippen LogP contribution in [0.3, 0.4) is 0 Å². The summed E-state index contributed by atoms with van der Waals surface area (Å²) in [7, 11) is 0. The molecule has 6 rings (SSSR count). The van der Waals surface area contributed by atoms with Crippen molar-refractivity contribution in [3.63, 3.8) is 0 Å². The Kier molecular flexibility index (Phi) is 2.21. The quantitative estimate of drug-likeness (QED) is 0.587. The zero-order valence-corrected chi connectivity index (χ0v) is 11.9. The molecule has 1 heterocycles. The fourth-order valence-electron chi connectivity index (χ4n) is 4.87. The summed E-state index contributed by atoms with van der Waals surface area (Å²) in [6, 6.07) is 8.59. The van der Waals surface area contributed by atoms with Gasteiger partial charge in [-0.05, 0) is 42.2 Å². The number of rotatable bonds is 1. The molecule has 0 radical (unpaired) electrons. The molecule has 0 aromatic heterocycles. The highest BCUT2D eigenvalue weighted by molar-refractivity contribution is 6.21. The Morgan fingerprint density at radius 1 is 0.909 bits per heavy atom. The molecule has 3 fully saturated rings. The first-order valence-corrected chi connectivity index (χ1v) is 7.84. The Morgan fingerprint density at radius 2 is 1.45 bits per heavy atom. The predicted octanol–water partition coefficient (Wildman–Crippen LogP) is 1.88. The number of likely N-dealkylation sites (tertiary alicyclic amines) is 1. The van der Waals surface area contributed by atoms with Gasteiger partial charge in [-0.1, -0.05) is 30.4 Å². The minimum atomic E-state index is -0.474. The number of allylic oxidation sites excluding steroid dienone is 2. The number of hydrogen-bond donors (Lipinski definition) is 0. The Balaban J connectivity index is 1.54. The monoisotopic (exact) mass is 293 g/mol. The zero-order valence-electron chi connectivity index (χ0n) is 11.9. The molecule has 1 aliphatic heterocycles. The van der Waals surface area contributed by atoms with E-state index in [1.165, 1.54) is 0 Å². The lowest BCUT2D eigenvalue weighted by Crippen LogP contribution is -2.40. The summed E-state index contributed by atoms with van der Waals surface area (Å²) < 4.78 is 0. The van der Waals surface area contributed by atoms with Crippen molar-refractivity contribution < 1.29 is 14.4 Å². The predicted molar refractivity (Wildman–Crippen MR) is 77.3 cm³/mol. The van der Waals surface area contributed by atoms with Gasteiger partial charge in [0, 0.05) is 5.56 Å². The molecule has 0 spiro atoms. The van der Waals surface area contributed by atoms with Crippen LogP contribution >= 0.6 is 0 Å². The highest BCUT2D eigenvalue weighted by Crippen LogP contribution is 2.65. The molecule has 1 saturated heterocycles. The average Bonchev–Trinajstić information content (AvgIpc) is 3.32. The maximum absolute atomic E-state index is 12.8. The number of hydrogen-bond acceptors (Lipinski definition) is 3. The first-order chi connectivity index (χ1) is 10.7. The zero-order chi connectivity index (χ0) is 15.0. The van der Waals surface area contributed by atoms with Gasteiger partial charge >= 0.3 is 0 Å². The number of carbonyl (C=O) groups excluding carboxylic acids is 3. The maximum atomic E-state index is 12.8. The molecule has 1 aromatic rings. The molecule has 3 amide bonds. The van der Waals surface area contributed by atoms with Crippen molar-refractivity contribution in [2.75, 3.05) is 0 Å². The van der Waals surface area contributed by atoms with E-state index in [2.05, 4.69) is 12.2 Å². The van der Waals surface area contributed by atoms with Crippen LogP contribution in [0.5, 0.6) is 0 Å². The van der Waals surface area contributed by atoms with Crippen LogP contribution in [0.2, 0.25) is 0 Å². The first kappa shape index (κ1) is 12.3. The minimum absolute atomic E-state index is 0.157. The molecule has 5 aliphatic rings. The van der Waals surface area contributed by atoms with Gasteiger partial charge in [0.15, 0.2) is 0 Å². The Hall–Kier alpha value is -2.23. The van der Waals surface area contributed by atoms with Gasteiger partial charge < -0.3 is 0 Å². The topological polar surface area (TPSA) is 54.5 Å². The van der Waals surface area contributed by atoms with E-state index in [-0.39, 0.29) is 35.5 Å². The number of carbonyl (C=O) groups is 3. The fourth-order valence-corrected chi connectivity index (χ4v) is 4.87. The van der Waals surface area contributed by atoms with Gasteiger partial charge in [-0.3, -0.25) is 14.4 Å². The van der Waals surface area contributed by atoms with Crippen molar-refractivity contribution >= 4 is 17.7 Å². The second-order valence-corrected chi connectivity index (χ2v) is 6.84. The van der Waals surface area contributed by atoms with Gasteiger partial charge in [-0.2, -0.15) is 0 Å². The lowest BCUT2D eigenvalue weighted by molar-refractivity contribution is -0.136. The van der Waals surface area contributed by atoms with Crippen LogP contribution in [-0.2, 0) is 9.59 Å². The molecule has 0 unspecified atom stereocenters. The fraction of sp³-hybridized carbons (Fsp3) is 0.389. The highest BCUT2D eigenvalue weighted by atomic mass is 16.2. The van der Waals surface area contributed by atoms with E-state index in [0.717, 1.165) is 11.3 Å². The number of imide groups is 3. The minimum Gasteiger partial charge on any atom is -0.274 e. The van der Waals surface area contributed by atoms with Crippen LogP contribution in [-0.4, -0.2) is 22.6 Å². The third kappa shape index (κ3) is 1.35. The standard InChI is InChI=1S/C18H15NO3/c20-16(9-4-2-1-3-5-9)19-17(21)14-10-6-7-11(13-8-12(10)13)15(14)18(19)22/h1-7,10-15H,8H2/t10-,11-,12-,13-,14-,15+/m0/s1. The molecule has 22 heavy (non-hydrogen) atoms. The molecule has 1 aromatic carbocycles. The molecule has 0 N–H and O–H groups in total. The van der Waals surface area contributed by atoms with Crippen LogP contribution in [0.1, 0.15) is 16.8 Å². The van der Waals surface area contributed by atoms with E-state index in [0.29, 0.717) is 17.4 Å². The van der Waals surface area contributed by atoms with E-state index in [4.69, 9.17) is 0 Å². The van der Waals surface area contributed by atoms with Crippen molar-refractivity contribution in [1.82, 2.24) is 4.90 Å². The Bertz CT molecular complexity index is 702. The Morgan fingerprint density at radius 3 is 2.00 bits per heavy atom. The molecule has 110 valence electrons. The van der Waals surface area contributed by atoms with Crippen LogP contribution in [0.25, 0.3) is 0 Å². The summed E-state index contributed by atoms with van der Waals surface area (Å²) in [6.07, 6.45) is 5.35. The van der Waals surface area contributed by atoms with E-state index in [9.17, 15) is 14.4 Å². The summed E-state index contributed by atoms with van der Waals surface area (Å²) in [5.74, 6) is -0.229. The van der Waals surface area contributed by atoms with Crippen LogP contribution in [0.15, 0.2) is 42.5 Å². The third-order valence-corrected chi connectivity index (χ3v) is 5.89. The molecular formula is C18H15NO3. The van der Waals surface area contributed by atoms with E-state index >= 15 is 0 Å². The van der Waals surface area contributed by atoms with Crippen LogP contribution in [0.4, 0.5) is 0 Å². The van der Waals surface area contributed by atoms with E-state index < -0.39 is 5.91 Å². The van der Waals surface area contributed by atoms with Crippen molar-refractivity contribution in [1.29, 1.82) is 0 Å². The first-order valence-electron chi connectivity index (χ1n) is 7.84. The van der Waals surface area contributed by atoms with Crippen molar-refractivity contribution in [3.8, 4) is 0 Å². The lowest BCUT2D eigenvalue weighted by Gasteiger charge is -2.37. The normalized spacial score (nSPS) is 40.6. The molecule has 2 bridgehead atoms. The molecule has 4 heteroatoms. The molecule has 4 aliphatic carbocycles. The smallest absolute Gasteiger partial charge is 0.267 e. The summed E-state index contributed by atoms with van der Waals surface area (Å²) in [5.41, 5.74) is 0.397. The van der Waals surface area contributed by atoms with Crippen molar-refractivity contribution in [2.45, 2.75) is 6.42 Å². The van der Waals surface area contributed by atoms with E-state index in [1.807, 2.05) is 6.07 Å². The molecular weight excluding hydrogens is 278 g/mol. The molecule has 4 nitrogen and oxygen atoms in total. The van der Waals surface area contributed by atoms with E-state index in [1.54, 1.807) is 24.3 Å². The summed E-state index contributed by atoms with van der Waals surface area (Å²) in [6.45, 7) is 0. The molecule has 6 atom stereocenters. The second-order valence-electron chi connectivity index (χ2n) is 6.84. The van der Waals surface area contributed by atoms with Crippen LogP contribution < -0.4 is 0 Å². The van der Waals surface area contributed by atoms with Gasteiger partial charge in [0.05, 0.1) is 11.8 Å². The van der Waals surface area contributed by atoms with Crippen molar-refractivity contribution in [2.24, 2.45) is 35.5 Å². The number of benzene rings is 1. The van der Waals surface area contributed by atoms with Gasteiger partial charge in [0.2, 0.25) is 11.8 Å². The van der Waals surface area contributed by atoms with Gasteiger partial charge in [0.25, 0.3) is 5.91 Å². The SMILES string of the molecule is O=C(c1ccccc1)N1C(=O)[C@@H]2[C@H]3C=C[C@@H]([C@@H]4C[C@@H]34)[C@@H]2C1=O. The van der Waals surface area contributed by atoms with Gasteiger partial charge in [-0.25, -0.2) is 4.90 Å². The lowest BCUT2D eigenvalue weighted by atomic mass is 9.63. The average molecular weight is 293 g/mol. The third-order valence-electron chi connectivity index (χ3n) is 5.89. The summed E-state index contributed by atoms with van der Waals surface area (Å²) in [5, 5.41) is 0. The van der Waals surface area contributed by atoms with Crippen molar-refractivity contribution in [3.05, 3.63) is 48.0 Å².